The topological polar surface area (TPSA) is 91.0 Å². The molecule has 9 heteroatoms. The average Bonchev–Trinajstić information content (AvgIpc) is 3.28. The molecule has 0 radical (unpaired) electrons. The number of nitrogens with zero attached hydrogens (tertiary/aromatic N) is 2. The molecular formula is C31H31FN4O4. The van der Waals surface area contributed by atoms with E-state index in [1.54, 1.807) is 13.1 Å². The van der Waals surface area contributed by atoms with Gasteiger partial charge in [-0.25, -0.2) is 9.18 Å². The molecule has 0 saturated carbocycles. The van der Waals surface area contributed by atoms with Crippen LogP contribution in [0.25, 0.3) is 0 Å². The number of amides is 4. The van der Waals surface area contributed by atoms with Gasteiger partial charge in [0, 0.05) is 12.7 Å². The molecule has 5 rings (SSSR count). The second-order valence-corrected chi connectivity index (χ2v) is 10.4. The molecule has 206 valence electrons. The molecule has 0 spiro atoms. The Bertz CT molecular complexity index is 1460. The van der Waals surface area contributed by atoms with Crippen LogP contribution in [-0.2, 0) is 9.59 Å². The number of hydrogen-bond acceptors (Lipinski definition) is 4. The van der Waals surface area contributed by atoms with Gasteiger partial charge in [-0.1, -0.05) is 44.2 Å². The lowest BCUT2D eigenvalue weighted by atomic mass is 9.95. The van der Waals surface area contributed by atoms with Crippen LogP contribution in [0, 0.1) is 11.7 Å². The van der Waals surface area contributed by atoms with Crippen LogP contribution in [0.3, 0.4) is 0 Å². The van der Waals surface area contributed by atoms with Crippen LogP contribution in [0.2, 0.25) is 0 Å². The number of hydrogen-bond donors (Lipinski definition) is 2. The Morgan fingerprint density at radius 1 is 1.02 bits per heavy atom. The minimum absolute atomic E-state index is 0.106. The second-order valence-electron chi connectivity index (χ2n) is 10.4. The second kappa shape index (κ2) is 11.2. The van der Waals surface area contributed by atoms with Crippen molar-refractivity contribution in [3.8, 4) is 11.5 Å². The van der Waals surface area contributed by atoms with Gasteiger partial charge in [0.05, 0.1) is 23.9 Å². The van der Waals surface area contributed by atoms with Gasteiger partial charge >= 0.3 is 6.03 Å². The van der Waals surface area contributed by atoms with Gasteiger partial charge in [-0.2, -0.15) is 0 Å². The molecular weight excluding hydrogens is 511 g/mol. The molecule has 2 atom stereocenters. The fourth-order valence-corrected chi connectivity index (χ4v) is 5.05. The van der Waals surface area contributed by atoms with Gasteiger partial charge in [0.25, 0.3) is 5.91 Å². The van der Waals surface area contributed by atoms with Crippen LogP contribution >= 0.6 is 0 Å². The first kappa shape index (κ1) is 26.9. The van der Waals surface area contributed by atoms with Crippen molar-refractivity contribution in [3.05, 3.63) is 102 Å². The normalized spacial score (nSPS) is 17.6. The molecule has 40 heavy (non-hydrogen) atoms. The summed E-state index contributed by atoms with van der Waals surface area (Å²) in [5, 5.41) is 5.76. The summed E-state index contributed by atoms with van der Waals surface area (Å²) in [5.74, 6) is 0.241. The van der Waals surface area contributed by atoms with Crippen molar-refractivity contribution < 1.29 is 23.5 Å². The lowest BCUT2D eigenvalue weighted by molar-refractivity contribution is -0.134. The first-order chi connectivity index (χ1) is 19.2. The highest BCUT2D eigenvalue weighted by Crippen LogP contribution is 2.38. The van der Waals surface area contributed by atoms with Gasteiger partial charge in [0.1, 0.15) is 23.4 Å². The molecule has 3 aromatic rings. The van der Waals surface area contributed by atoms with Crippen molar-refractivity contribution in [2.45, 2.75) is 32.4 Å². The molecule has 2 aliphatic heterocycles. The number of rotatable bonds is 8. The number of halogens is 1. The van der Waals surface area contributed by atoms with Crippen molar-refractivity contribution in [1.82, 2.24) is 15.1 Å². The third kappa shape index (κ3) is 5.54. The third-order valence-corrected chi connectivity index (χ3v) is 7.04. The van der Waals surface area contributed by atoms with E-state index in [2.05, 4.69) is 10.6 Å². The fraction of sp³-hybridized carbons (Fsp3) is 0.258. The largest absolute Gasteiger partial charge is 0.457 e. The zero-order chi connectivity index (χ0) is 28.4. The quantitative estimate of drug-likeness (QED) is 0.395. The minimum Gasteiger partial charge on any atom is -0.457 e. The van der Waals surface area contributed by atoms with E-state index in [-0.39, 0.29) is 30.3 Å². The van der Waals surface area contributed by atoms with Crippen LogP contribution in [-0.4, -0.2) is 47.3 Å². The molecule has 4 amide bonds. The maximum atomic E-state index is 14.0. The third-order valence-electron chi connectivity index (χ3n) is 7.04. The summed E-state index contributed by atoms with van der Waals surface area (Å²) in [4.78, 5) is 43.4. The number of benzene rings is 3. The van der Waals surface area contributed by atoms with Gasteiger partial charge in [0.2, 0.25) is 5.91 Å². The highest BCUT2D eigenvalue weighted by atomic mass is 19.1. The molecule has 2 aliphatic rings. The average molecular weight is 543 g/mol. The summed E-state index contributed by atoms with van der Waals surface area (Å²) in [6.45, 7) is 4.07. The molecule has 2 N–H and O–H groups in total. The Morgan fingerprint density at radius 2 is 1.73 bits per heavy atom. The van der Waals surface area contributed by atoms with Crippen molar-refractivity contribution in [1.29, 1.82) is 0 Å². The predicted octanol–water partition coefficient (Wildman–Crippen LogP) is 5.46. The molecule has 8 nitrogen and oxygen atoms in total. The van der Waals surface area contributed by atoms with E-state index >= 15 is 0 Å². The van der Waals surface area contributed by atoms with E-state index in [1.807, 2.05) is 62.4 Å². The zero-order valence-electron chi connectivity index (χ0n) is 22.6. The Kier molecular flexibility index (Phi) is 7.55. The van der Waals surface area contributed by atoms with E-state index < -0.39 is 17.9 Å². The number of carbonyl (C=O) groups is 3. The zero-order valence-corrected chi connectivity index (χ0v) is 22.6. The van der Waals surface area contributed by atoms with Gasteiger partial charge in [-0.3, -0.25) is 14.5 Å². The van der Waals surface area contributed by atoms with E-state index in [9.17, 15) is 18.8 Å². The van der Waals surface area contributed by atoms with Gasteiger partial charge in [-0.15, -0.1) is 0 Å². The molecule has 0 aliphatic carbocycles. The van der Waals surface area contributed by atoms with Crippen molar-refractivity contribution in [2.24, 2.45) is 5.92 Å². The van der Waals surface area contributed by atoms with Crippen molar-refractivity contribution >= 4 is 23.5 Å². The highest BCUT2D eigenvalue weighted by molar-refractivity contribution is 6.05. The lowest BCUT2D eigenvalue weighted by Gasteiger charge is -2.31. The van der Waals surface area contributed by atoms with Gasteiger partial charge < -0.3 is 20.3 Å². The monoisotopic (exact) mass is 542 g/mol. The van der Waals surface area contributed by atoms with Crippen molar-refractivity contribution in [2.75, 3.05) is 18.9 Å². The Morgan fingerprint density at radius 3 is 2.42 bits per heavy atom. The minimum atomic E-state index is -0.792. The van der Waals surface area contributed by atoms with E-state index in [0.29, 0.717) is 40.4 Å². The Hall–Kier alpha value is -4.66. The predicted molar refractivity (Wildman–Crippen MR) is 149 cm³/mol. The molecule has 3 aromatic carbocycles. The number of anilines is 1. The fourth-order valence-electron chi connectivity index (χ4n) is 5.05. The van der Waals surface area contributed by atoms with Crippen molar-refractivity contribution in [3.63, 3.8) is 0 Å². The summed E-state index contributed by atoms with van der Waals surface area (Å²) in [6.07, 6.45) is 0.412. The summed E-state index contributed by atoms with van der Waals surface area (Å²) >= 11 is 0. The number of ether oxygens (including phenoxy) is 1. The SMILES string of the molecule is CC(C)CC(C(=O)Nc1ccc(F)cc1)N1CC2=C(C1=O)C(c1cccc(Oc3ccccc3)c1)NC(=O)N2C. The molecule has 0 fully saturated rings. The number of urea groups is 1. The Balaban J connectivity index is 1.44. The standard InChI is InChI=1S/C31H31FN4O4/c1-19(2)16-25(29(37)33-22-14-12-21(32)13-15-22)36-18-26-27(30(36)38)28(34-31(39)35(26)3)20-8-7-11-24(17-20)40-23-9-5-4-6-10-23/h4-15,17,19,25,28H,16,18H2,1-3H3,(H,33,37)(H,34,39). The molecule has 0 bridgehead atoms. The molecule has 0 saturated heterocycles. The van der Waals surface area contributed by atoms with E-state index in [1.165, 1.54) is 34.1 Å². The first-order valence-corrected chi connectivity index (χ1v) is 13.2. The van der Waals surface area contributed by atoms with Gasteiger partial charge in [-0.05, 0) is 66.4 Å². The Labute approximate surface area is 232 Å². The van der Waals surface area contributed by atoms with Crippen LogP contribution in [0.5, 0.6) is 11.5 Å². The number of para-hydroxylation sites is 1. The van der Waals surface area contributed by atoms with Crippen LogP contribution in [0.1, 0.15) is 31.9 Å². The number of likely N-dealkylation sites (N-methyl/N-ethyl adjacent to an activating group) is 1. The molecule has 2 heterocycles. The van der Waals surface area contributed by atoms with E-state index in [0.717, 1.165) is 0 Å². The number of nitrogens with one attached hydrogen (secondary N) is 2. The van der Waals surface area contributed by atoms with Crippen LogP contribution in [0.15, 0.2) is 90.1 Å². The summed E-state index contributed by atoms with van der Waals surface area (Å²) in [5.41, 5.74) is 2.10. The maximum Gasteiger partial charge on any atom is 0.322 e. The lowest BCUT2D eigenvalue weighted by Crippen LogP contribution is -2.47. The smallest absolute Gasteiger partial charge is 0.322 e. The van der Waals surface area contributed by atoms with Crippen LogP contribution < -0.4 is 15.4 Å². The summed E-state index contributed by atoms with van der Waals surface area (Å²) in [7, 11) is 1.61. The van der Waals surface area contributed by atoms with Gasteiger partial charge in [0.15, 0.2) is 0 Å². The van der Waals surface area contributed by atoms with E-state index in [4.69, 9.17) is 4.74 Å². The molecule has 0 aromatic heterocycles. The maximum absolute atomic E-state index is 14.0. The van der Waals surface area contributed by atoms with Crippen LogP contribution in [0.4, 0.5) is 14.9 Å². The molecule has 2 unspecified atom stereocenters. The number of carbonyl (C=O) groups excluding carboxylic acids is 3. The summed E-state index contributed by atoms with van der Waals surface area (Å²) in [6, 6.07) is 20.2. The first-order valence-electron chi connectivity index (χ1n) is 13.2. The summed E-state index contributed by atoms with van der Waals surface area (Å²) < 4.78 is 19.4. The highest BCUT2D eigenvalue weighted by Gasteiger charge is 2.46.